The van der Waals surface area contributed by atoms with Crippen LogP contribution in [0.25, 0.3) is 0 Å². The van der Waals surface area contributed by atoms with Gasteiger partial charge in [-0.1, -0.05) is 32.9 Å². The first-order valence-electron chi connectivity index (χ1n) is 5.72. The van der Waals surface area contributed by atoms with Gasteiger partial charge < -0.3 is 9.84 Å². The van der Waals surface area contributed by atoms with E-state index in [1.54, 1.807) is 18.2 Å². The van der Waals surface area contributed by atoms with Crippen molar-refractivity contribution in [3.63, 3.8) is 0 Å². The van der Waals surface area contributed by atoms with Gasteiger partial charge in [0.1, 0.15) is 11.3 Å². The fraction of sp³-hybridized carbons (Fsp3) is 0.308. The van der Waals surface area contributed by atoms with Crippen molar-refractivity contribution < 1.29 is 14.6 Å². The molecule has 0 aliphatic carbocycles. The smallest absolute Gasteiger partial charge is 0.339 e. The normalized spacial score (nSPS) is 11.3. The molecular formula is C13H14N2O3S. The predicted molar refractivity (Wildman–Crippen MR) is 72.1 cm³/mol. The summed E-state index contributed by atoms with van der Waals surface area (Å²) in [5.74, 6) is -0.0805. The Morgan fingerprint density at radius 2 is 2.00 bits per heavy atom. The summed E-state index contributed by atoms with van der Waals surface area (Å²) in [6.45, 7) is 6.01. The third kappa shape index (κ3) is 3.08. The van der Waals surface area contributed by atoms with Gasteiger partial charge in [0.25, 0.3) is 5.19 Å². The summed E-state index contributed by atoms with van der Waals surface area (Å²) in [5.41, 5.74) is -0.0558. The van der Waals surface area contributed by atoms with Crippen LogP contribution in [0.2, 0.25) is 0 Å². The molecule has 0 bridgehead atoms. The van der Waals surface area contributed by atoms with E-state index < -0.39 is 5.97 Å². The van der Waals surface area contributed by atoms with Gasteiger partial charge in [-0.15, -0.1) is 0 Å². The Kier molecular flexibility index (Phi) is 3.53. The Morgan fingerprint density at radius 3 is 2.58 bits per heavy atom. The summed E-state index contributed by atoms with van der Waals surface area (Å²) in [7, 11) is 0. The standard InChI is InChI=1S/C13H14N2O3S/c1-13(2,3)11-14-12(19-15-11)18-9-7-5-4-6-8(9)10(16)17/h4-7H,1-3H3,(H,16,17). The Morgan fingerprint density at radius 1 is 1.32 bits per heavy atom. The van der Waals surface area contributed by atoms with E-state index in [1.165, 1.54) is 6.07 Å². The lowest BCUT2D eigenvalue weighted by Gasteiger charge is -2.12. The Bertz CT molecular complexity index is 602. The summed E-state index contributed by atoms with van der Waals surface area (Å²) in [4.78, 5) is 15.3. The molecular weight excluding hydrogens is 264 g/mol. The Balaban J connectivity index is 2.27. The molecule has 0 aliphatic heterocycles. The molecule has 0 amide bonds. The van der Waals surface area contributed by atoms with Crippen molar-refractivity contribution >= 4 is 17.5 Å². The zero-order valence-corrected chi connectivity index (χ0v) is 11.7. The first-order valence-corrected chi connectivity index (χ1v) is 6.49. The van der Waals surface area contributed by atoms with Gasteiger partial charge in [0.15, 0.2) is 5.82 Å². The molecule has 0 fully saturated rings. The molecule has 6 heteroatoms. The van der Waals surface area contributed by atoms with Crippen LogP contribution >= 0.6 is 11.5 Å². The largest absolute Gasteiger partial charge is 0.478 e. The predicted octanol–water partition coefficient (Wildman–Crippen LogP) is 3.33. The van der Waals surface area contributed by atoms with Crippen LogP contribution in [0, 0.1) is 0 Å². The number of hydrogen-bond acceptors (Lipinski definition) is 5. The Hall–Kier alpha value is -1.95. The van der Waals surface area contributed by atoms with Gasteiger partial charge in [0.2, 0.25) is 0 Å². The second-order valence-corrected chi connectivity index (χ2v) is 5.75. The minimum absolute atomic E-state index is 0.106. The van der Waals surface area contributed by atoms with Crippen LogP contribution in [0.3, 0.4) is 0 Å². The summed E-state index contributed by atoms with van der Waals surface area (Å²) < 4.78 is 9.73. The molecule has 1 N–H and O–H groups in total. The molecule has 0 unspecified atom stereocenters. The van der Waals surface area contributed by atoms with Crippen molar-refractivity contribution in [3.8, 4) is 10.9 Å². The van der Waals surface area contributed by atoms with Gasteiger partial charge in [-0.25, -0.2) is 4.79 Å². The molecule has 2 rings (SSSR count). The molecule has 0 saturated heterocycles. The highest BCUT2D eigenvalue weighted by Gasteiger charge is 2.21. The van der Waals surface area contributed by atoms with Crippen LogP contribution in [-0.4, -0.2) is 20.4 Å². The molecule has 1 heterocycles. The number of carboxylic acids is 1. The number of carbonyl (C=O) groups is 1. The maximum Gasteiger partial charge on any atom is 0.339 e. The highest BCUT2D eigenvalue weighted by atomic mass is 32.1. The molecule has 0 saturated carbocycles. The number of nitrogens with zero attached hydrogens (tertiary/aromatic N) is 2. The molecule has 2 aromatic rings. The van der Waals surface area contributed by atoms with E-state index in [2.05, 4.69) is 9.36 Å². The second-order valence-electron chi connectivity index (χ2n) is 5.04. The number of aromatic nitrogens is 2. The number of hydrogen-bond donors (Lipinski definition) is 1. The molecule has 0 radical (unpaired) electrons. The van der Waals surface area contributed by atoms with Gasteiger partial charge >= 0.3 is 5.97 Å². The number of carboxylic acid groups (broad SMARTS) is 1. The highest BCUT2D eigenvalue weighted by molar-refractivity contribution is 7.07. The lowest BCUT2D eigenvalue weighted by Crippen LogP contribution is -2.13. The van der Waals surface area contributed by atoms with Gasteiger partial charge in [0, 0.05) is 16.9 Å². The molecule has 0 atom stereocenters. The first-order chi connectivity index (χ1) is 8.88. The quantitative estimate of drug-likeness (QED) is 0.932. The van der Waals surface area contributed by atoms with Crippen LogP contribution in [-0.2, 0) is 5.41 Å². The number of benzene rings is 1. The lowest BCUT2D eigenvalue weighted by atomic mass is 9.96. The fourth-order valence-corrected chi connectivity index (χ4v) is 2.12. The van der Waals surface area contributed by atoms with Crippen LogP contribution < -0.4 is 4.74 Å². The fourth-order valence-electron chi connectivity index (χ4n) is 1.38. The van der Waals surface area contributed by atoms with Crippen molar-refractivity contribution in [1.29, 1.82) is 0 Å². The third-order valence-corrected chi connectivity index (χ3v) is 2.99. The monoisotopic (exact) mass is 278 g/mol. The van der Waals surface area contributed by atoms with Crippen molar-refractivity contribution in [1.82, 2.24) is 9.36 Å². The molecule has 19 heavy (non-hydrogen) atoms. The number of ether oxygens (including phenoxy) is 1. The zero-order valence-electron chi connectivity index (χ0n) is 10.9. The average molecular weight is 278 g/mol. The van der Waals surface area contributed by atoms with E-state index in [4.69, 9.17) is 9.84 Å². The maximum atomic E-state index is 11.1. The van der Waals surface area contributed by atoms with E-state index in [-0.39, 0.29) is 16.7 Å². The van der Waals surface area contributed by atoms with Crippen molar-refractivity contribution in [2.45, 2.75) is 26.2 Å². The topological polar surface area (TPSA) is 72.3 Å². The van der Waals surface area contributed by atoms with E-state index >= 15 is 0 Å². The lowest BCUT2D eigenvalue weighted by molar-refractivity contribution is 0.0694. The third-order valence-electron chi connectivity index (χ3n) is 2.39. The first kappa shape index (κ1) is 13.5. The summed E-state index contributed by atoms with van der Waals surface area (Å²) in [6.07, 6.45) is 0. The van der Waals surface area contributed by atoms with Gasteiger partial charge in [-0.3, -0.25) is 0 Å². The molecule has 0 aliphatic rings. The number of para-hydroxylation sites is 1. The summed E-state index contributed by atoms with van der Waals surface area (Å²) in [6, 6.07) is 6.45. The minimum Gasteiger partial charge on any atom is -0.478 e. The van der Waals surface area contributed by atoms with E-state index in [0.717, 1.165) is 11.5 Å². The summed E-state index contributed by atoms with van der Waals surface area (Å²) >= 11 is 1.12. The summed E-state index contributed by atoms with van der Waals surface area (Å²) in [5, 5.41) is 9.41. The van der Waals surface area contributed by atoms with E-state index in [1.807, 2.05) is 20.8 Å². The van der Waals surface area contributed by atoms with Crippen LogP contribution in [0.5, 0.6) is 10.9 Å². The highest BCUT2D eigenvalue weighted by Crippen LogP contribution is 2.29. The van der Waals surface area contributed by atoms with Crippen molar-refractivity contribution in [2.75, 3.05) is 0 Å². The van der Waals surface area contributed by atoms with Gasteiger partial charge in [-0.2, -0.15) is 9.36 Å². The van der Waals surface area contributed by atoms with Gasteiger partial charge in [0.05, 0.1) is 0 Å². The molecule has 1 aromatic carbocycles. The van der Waals surface area contributed by atoms with Crippen LogP contribution in [0.15, 0.2) is 24.3 Å². The number of aromatic carboxylic acids is 1. The van der Waals surface area contributed by atoms with Crippen molar-refractivity contribution in [3.05, 3.63) is 35.7 Å². The van der Waals surface area contributed by atoms with Gasteiger partial charge in [-0.05, 0) is 12.1 Å². The van der Waals surface area contributed by atoms with E-state index in [0.29, 0.717) is 11.0 Å². The molecule has 100 valence electrons. The maximum absolute atomic E-state index is 11.1. The minimum atomic E-state index is -1.03. The van der Waals surface area contributed by atoms with Crippen LogP contribution in [0.4, 0.5) is 0 Å². The average Bonchev–Trinajstić information content (AvgIpc) is 2.77. The van der Waals surface area contributed by atoms with Crippen molar-refractivity contribution in [2.24, 2.45) is 0 Å². The molecule has 0 spiro atoms. The number of rotatable bonds is 3. The molecule has 1 aromatic heterocycles. The zero-order chi connectivity index (χ0) is 14.0. The van der Waals surface area contributed by atoms with E-state index in [9.17, 15) is 4.79 Å². The molecule has 5 nitrogen and oxygen atoms in total. The second kappa shape index (κ2) is 4.97. The SMILES string of the molecule is CC(C)(C)c1nsc(Oc2ccccc2C(=O)O)n1. The van der Waals surface area contributed by atoms with Crippen LogP contribution in [0.1, 0.15) is 37.0 Å². The Labute approximate surface area is 115 Å².